The molecule has 0 aliphatic carbocycles. The Morgan fingerprint density at radius 1 is 1.21 bits per heavy atom. The summed E-state index contributed by atoms with van der Waals surface area (Å²) >= 11 is 0. The highest BCUT2D eigenvalue weighted by Gasteiger charge is 2.32. The summed E-state index contributed by atoms with van der Waals surface area (Å²) in [4.78, 5) is 25.5. The van der Waals surface area contributed by atoms with Crippen LogP contribution < -0.4 is 15.4 Å². The van der Waals surface area contributed by atoms with E-state index in [4.69, 9.17) is 10.5 Å². The number of hydrogen-bond acceptors (Lipinski definition) is 6. The van der Waals surface area contributed by atoms with Crippen LogP contribution in [-0.2, 0) is 11.2 Å². The Kier molecular flexibility index (Phi) is 7.48. The third-order valence-corrected chi connectivity index (χ3v) is 5.90. The van der Waals surface area contributed by atoms with Gasteiger partial charge in [0.25, 0.3) is 0 Å². The van der Waals surface area contributed by atoms with E-state index in [0.717, 1.165) is 43.7 Å². The number of amides is 1. The molecule has 1 aromatic rings. The first kappa shape index (κ1) is 20.8. The number of fused-ring (bicyclic) bond motifs is 1. The molecule has 2 N–H and O–H groups in total. The first-order valence-electron chi connectivity index (χ1n) is 10.9. The fourth-order valence-corrected chi connectivity index (χ4v) is 4.21. The Morgan fingerprint density at radius 3 is 2.86 bits per heavy atom. The van der Waals surface area contributed by atoms with E-state index in [0.29, 0.717) is 31.2 Å². The molecule has 156 valence electrons. The minimum atomic E-state index is 0.0662. The van der Waals surface area contributed by atoms with Crippen molar-refractivity contribution < 1.29 is 9.53 Å². The molecule has 1 saturated heterocycles. The van der Waals surface area contributed by atoms with E-state index in [-0.39, 0.29) is 11.9 Å². The quantitative estimate of drug-likeness (QED) is 0.619. The highest BCUT2D eigenvalue weighted by Crippen LogP contribution is 2.32. The van der Waals surface area contributed by atoms with Gasteiger partial charge in [0.05, 0.1) is 13.0 Å². The highest BCUT2D eigenvalue weighted by atomic mass is 16.5. The Bertz CT molecular complexity index is 666. The van der Waals surface area contributed by atoms with E-state index in [2.05, 4.69) is 28.7 Å². The van der Waals surface area contributed by atoms with Crippen molar-refractivity contribution >= 4 is 17.5 Å². The molecule has 1 fully saturated rings. The van der Waals surface area contributed by atoms with E-state index < -0.39 is 0 Å². The van der Waals surface area contributed by atoms with E-state index in [9.17, 15) is 4.79 Å². The molecule has 3 heterocycles. The van der Waals surface area contributed by atoms with Crippen LogP contribution in [0.1, 0.15) is 64.4 Å². The maximum atomic E-state index is 12.5. The molecule has 7 heteroatoms. The molecule has 1 amide bonds. The number of piperidine rings is 1. The van der Waals surface area contributed by atoms with Gasteiger partial charge in [-0.15, -0.1) is 0 Å². The van der Waals surface area contributed by atoms with Gasteiger partial charge in [0.15, 0.2) is 0 Å². The topological polar surface area (TPSA) is 84.6 Å². The second-order valence-electron chi connectivity index (χ2n) is 8.02. The zero-order chi connectivity index (χ0) is 19.9. The average molecular weight is 390 g/mol. The van der Waals surface area contributed by atoms with Gasteiger partial charge in [-0.05, 0) is 51.1 Å². The smallest absolute Gasteiger partial charge is 0.320 e. The molecule has 28 heavy (non-hydrogen) atoms. The van der Waals surface area contributed by atoms with Crippen molar-refractivity contribution in [1.82, 2.24) is 14.9 Å². The number of nitrogens with zero attached hydrogens (tertiary/aromatic N) is 4. The number of rotatable bonds is 10. The molecular formula is C21H35N5O2. The molecule has 0 saturated carbocycles. The molecular weight excluding hydrogens is 354 g/mol. The van der Waals surface area contributed by atoms with Gasteiger partial charge < -0.3 is 15.4 Å². The number of unbranched alkanes of at least 4 members (excludes halogenated alkanes) is 2. The maximum absolute atomic E-state index is 12.5. The molecule has 0 spiro atoms. The van der Waals surface area contributed by atoms with Crippen LogP contribution in [0.5, 0.6) is 6.01 Å². The number of carbonyl (C=O) groups excluding carboxylic acids is 1. The van der Waals surface area contributed by atoms with Gasteiger partial charge in [-0.3, -0.25) is 9.69 Å². The number of hydrogen-bond donors (Lipinski definition) is 1. The SMILES string of the molecule is CCCCOc1nc(N)c2c(n1)N(CCCCC1CCCN(CC)C1)C(=O)C2. The van der Waals surface area contributed by atoms with Crippen LogP contribution in [-0.4, -0.2) is 53.6 Å². The standard InChI is InChI=1S/C21H35N5O2/c1-3-5-13-28-21-23-19(22)17-14-18(27)26(20(17)24-21)12-7-6-9-16-10-8-11-25(4-2)15-16/h16H,3-15H2,1-2H3,(H2,22,23,24). The lowest BCUT2D eigenvalue weighted by Gasteiger charge is -2.31. The fraction of sp³-hybridized carbons (Fsp3) is 0.762. The minimum Gasteiger partial charge on any atom is -0.463 e. The van der Waals surface area contributed by atoms with Gasteiger partial charge >= 0.3 is 6.01 Å². The fourth-order valence-electron chi connectivity index (χ4n) is 4.21. The van der Waals surface area contributed by atoms with Gasteiger partial charge in [-0.1, -0.05) is 26.7 Å². The van der Waals surface area contributed by atoms with Crippen LogP contribution in [0, 0.1) is 5.92 Å². The normalized spacial score (nSPS) is 19.9. The predicted molar refractivity (Wildman–Crippen MR) is 112 cm³/mol. The third kappa shape index (κ3) is 5.13. The van der Waals surface area contributed by atoms with Gasteiger partial charge in [0.1, 0.15) is 11.6 Å². The maximum Gasteiger partial charge on any atom is 0.320 e. The van der Waals surface area contributed by atoms with E-state index >= 15 is 0 Å². The summed E-state index contributed by atoms with van der Waals surface area (Å²) in [6.07, 6.45) is 8.30. The first-order valence-corrected chi connectivity index (χ1v) is 10.9. The summed E-state index contributed by atoms with van der Waals surface area (Å²) in [6, 6.07) is 0.284. The van der Waals surface area contributed by atoms with Crippen molar-refractivity contribution in [1.29, 1.82) is 0 Å². The molecule has 7 nitrogen and oxygen atoms in total. The number of ether oxygens (including phenoxy) is 1. The highest BCUT2D eigenvalue weighted by molar-refractivity contribution is 6.01. The summed E-state index contributed by atoms with van der Waals surface area (Å²) < 4.78 is 5.62. The van der Waals surface area contributed by atoms with Crippen LogP contribution in [0.15, 0.2) is 0 Å². The number of nitrogen functional groups attached to an aromatic ring is 1. The molecule has 3 rings (SSSR count). The van der Waals surface area contributed by atoms with Crippen molar-refractivity contribution in [3.05, 3.63) is 5.56 Å². The summed E-state index contributed by atoms with van der Waals surface area (Å²) in [5, 5.41) is 0. The molecule has 1 atom stereocenters. The lowest BCUT2D eigenvalue weighted by Crippen LogP contribution is -2.35. The second-order valence-corrected chi connectivity index (χ2v) is 8.02. The average Bonchev–Trinajstić information content (AvgIpc) is 3.02. The number of likely N-dealkylation sites (tertiary alicyclic amines) is 1. The summed E-state index contributed by atoms with van der Waals surface area (Å²) in [7, 11) is 0. The Morgan fingerprint density at radius 2 is 2.07 bits per heavy atom. The van der Waals surface area contributed by atoms with Gasteiger partial charge in [0.2, 0.25) is 5.91 Å². The number of aromatic nitrogens is 2. The molecule has 0 aromatic carbocycles. The van der Waals surface area contributed by atoms with Crippen molar-refractivity contribution in [2.24, 2.45) is 5.92 Å². The van der Waals surface area contributed by atoms with E-state index in [1.54, 1.807) is 4.90 Å². The van der Waals surface area contributed by atoms with E-state index in [1.807, 2.05) is 0 Å². The second kappa shape index (κ2) is 10.0. The molecule has 2 aliphatic rings. The van der Waals surface area contributed by atoms with Crippen molar-refractivity contribution in [2.75, 3.05) is 43.4 Å². The number of anilines is 2. The monoisotopic (exact) mass is 389 g/mol. The lowest BCUT2D eigenvalue weighted by molar-refractivity contribution is -0.117. The minimum absolute atomic E-state index is 0.0662. The number of nitrogens with two attached hydrogens (primary N) is 1. The summed E-state index contributed by atoms with van der Waals surface area (Å²) in [6.45, 7) is 9.24. The molecule has 1 aromatic heterocycles. The van der Waals surface area contributed by atoms with Crippen LogP contribution in [0.2, 0.25) is 0 Å². The molecule has 1 unspecified atom stereocenters. The first-order chi connectivity index (χ1) is 13.6. The van der Waals surface area contributed by atoms with Crippen molar-refractivity contribution in [3.63, 3.8) is 0 Å². The third-order valence-electron chi connectivity index (χ3n) is 5.90. The Hall–Kier alpha value is -1.89. The van der Waals surface area contributed by atoms with Gasteiger partial charge in [0, 0.05) is 18.7 Å². The Balaban J connectivity index is 1.53. The molecule has 0 bridgehead atoms. The van der Waals surface area contributed by atoms with Crippen LogP contribution >= 0.6 is 0 Å². The Labute approximate surface area is 168 Å². The van der Waals surface area contributed by atoms with E-state index in [1.165, 1.54) is 32.4 Å². The predicted octanol–water partition coefficient (Wildman–Crippen LogP) is 3.03. The molecule has 0 radical (unpaired) electrons. The van der Waals surface area contributed by atoms with Crippen LogP contribution in [0.25, 0.3) is 0 Å². The van der Waals surface area contributed by atoms with Crippen LogP contribution in [0.3, 0.4) is 0 Å². The zero-order valence-corrected chi connectivity index (χ0v) is 17.5. The van der Waals surface area contributed by atoms with Crippen molar-refractivity contribution in [2.45, 2.75) is 65.2 Å². The lowest BCUT2D eigenvalue weighted by atomic mass is 9.93. The number of carbonyl (C=O) groups is 1. The van der Waals surface area contributed by atoms with Gasteiger partial charge in [-0.2, -0.15) is 9.97 Å². The summed E-state index contributed by atoms with van der Waals surface area (Å²) in [5.74, 6) is 1.89. The van der Waals surface area contributed by atoms with Crippen molar-refractivity contribution in [3.8, 4) is 6.01 Å². The molecule has 2 aliphatic heterocycles. The van der Waals surface area contributed by atoms with Crippen LogP contribution in [0.4, 0.5) is 11.6 Å². The largest absolute Gasteiger partial charge is 0.463 e. The van der Waals surface area contributed by atoms with Gasteiger partial charge in [-0.25, -0.2) is 0 Å². The zero-order valence-electron chi connectivity index (χ0n) is 17.5. The summed E-state index contributed by atoms with van der Waals surface area (Å²) in [5.41, 5.74) is 6.81.